The van der Waals surface area contributed by atoms with Gasteiger partial charge in [0.05, 0.1) is 0 Å². The minimum atomic E-state index is 0.591. The molecule has 0 aliphatic rings. The van der Waals surface area contributed by atoms with Gasteiger partial charge in [0.25, 0.3) is 0 Å². The third-order valence-corrected chi connectivity index (χ3v) is 3.58. The van der Waals surface area contributed by atoms with Gasteiger partial charge >= 0.3 is 0 Å². The Morgan fingerprint density at radius 2 is 1.76 bits per heavy atom. The molecule has 4 heteroatoms. The predicted molar refractivity (Wildman–Crippen MR) is 89.5 cm³/mol. The zero-order chi connectivity index (χ0) is 15.2. The molecule has 0 aromatic heterocycles. The van der Waals surface area contributed by atoms with Crippen LogP contribution in [0.15, 0.2) is 42.5 Å². The average Bonchev–Trinajstić information content (AvgIpc) is 2.44. The molecule has 0 spiro atoms. The molecule has 1 N–H and O–H groups in total. The van der Waals surface area contributed by atoms with E-state index in [4.69, 9.17) is 27.9 Å². The first-order chi connectivity index (χ1) is 10.1. The lowest BCUT2D eigenvalue weighted by molar-refractivity contribution is 0.469. The quantitative estimate of drug-likeness (QED) is 0.754. The number of ether oxygens (including phenoxy) is 1. The van der Waals surface area contributed by atoms with Crippen molar-refractivity contribution in [2.45, 2.75) is 20.4 Å². The smallest absolute Gasteiger partial charge is 0.133 e. The van der Waals surface area contributed by atoms with E-state index in [0.717, 1.165) is 23.6 Å². The largest absolute Gasteiger partial charge is 0.457 e. The highest BCUT2D eigenvalue weighted by Gasteiger charge is 2.09. The van der Waals surface area contributed by atoms with Crippen LogP contribution in [0.25, 0.3) is 0 Å². The Kier molecular flexibility index (Phi) is 5.92. The van der Waals surface area contributed by atoms with Gasteiger partial charge < -0.3 is 10.1 Å². The highest BCUT2D eigenvalue weighted by atomic mass is 35.5. The predicted octanol–water partition coefficient (Wildman–Crippen LogP) is 5.53. The molecule has 0 radical (unpaired) electrons. The van der Waals surface area contributed by atoms with Gasteiger partial charge in [0, 0.05) is 22.2 Å². The van der Waals surface area contributed by atoms with E-state index in [-0.39, 0.29) is 0 Å². The first-order valence-electron chi connectivity index (χ1n) is 6.98. The van der Waals surface area contributed by atoms with Crippen LogP contribution in [0.1, 0.15) is 19.4 Å². The van der Waals surface area contributed by atoms with E-state index in [9.17, 15) is 0 Å². The number of halogens is 2. The molecule has 0 aliphatic carbocycles. The van der Waals surface area contributed by atoms with E-state index in [1.807, 2.05) is 30.3 Å². The molecule has 0 heterocycles. The molecular formula is C17H19Cl2NO. The fraction of sp³-hybridized carbons (Fsp3) is 0.294. The molecule has 2 aromatic rings. The molecule has 0 aliphatic heterocycles. The van der Waals surface area contributed by atoms with E-state index in [1.54, 1.807) is 12.1 Å². The molecule has 112 valence electrons. The van der Waals surface area contributed by atoms with E-state index >= 15 is 0 Å². The number of benzene rings is 2. The monoisotopic (exact) mass is 323 g/mol. The van der Waals surface area contributed by atoms with Crippen molar-refractivity contribution in [3.63, 3.8) is 0 Å². The molecule has 0 atom stereocenters. The summed E-state index contributed by atoms with van der Waals surface area (Å²) in [5, 5.41) is 4.79. The van der Waals surface area contributed by atoms with Crippen LogP contribution in [0.3, 0.4) is 0 Å². The number of nitrogens with one attached hydrogen (secondary N) is 1. The summed E-state index contributed by atoms with van der Waals surface area (Å²) in [5.41, 5.74) is 0.967. The van der Waals surface area contributed by atoms with Gasteiger partial charge in [0.2, 0.25) is 0 Å². The van der Waals surface area contributed by atoms with E-state index in [0.29, 0.717) is 22.5 Å². The van der Waals surface area contributed by atoms with Crippen molar-refractivity contribution in [3.8, 4) is 11.5 Å². The number of hydrogen-bond donors (Lipinski definition) is 1. The minimum absolute atomic E-state index is 0.591. The van der Waals surface area contributed by atoms with Crippen molar-refractivity contribution in [2.75, 3.05) is 6.54 Å². The zero-order valence-corrected chi connectivity index (χ0v) is 13.7. The molecule has 21 heavy (non-hydrogen) atoms. The topological polar surface area (TPSA) is 21.3 Å². The first-order valence-corrected chi connectivity index (χ1v) is 7.73. The Balaban J connectivity index is 2.14. The molecule has 0 saturated carbocycles. The van der Waals surface area contributed by atoms with Crippen LogP contribution in [-0.2, 0) is 6.54 Å². The second kappa shape index (κ2) is 7.69. The lowest BCUT2D eigenvalue weighted by Gasteiger charge is -2.14. The molecule has 0 saturated heterocycles. The molecule has 2 rings (SSSR count). The van der Waals surface area contributed by atoms with Gasteiger partial charge in [-0.1, -0.05) is 43.1 Å². The summed E-state index contributed by atoms with van der Waals surface area (Å²) in [6.45, 7) is 5.96. The third-order valence-electron chi connectivity index (χ3n) is 2.97. The zero-order valence-electron chi connectivity index (χ0n) is 12.2. The Labute approximate surface area is 136 Å². The summed E-state index contributed by atoms with van der Waals surface area (Å²) in [6.07, 6.45) is 0. The summed E-state index contributed by atoms with van der Waals surface area (Å²) in [7, 11) is 0. The molecule has 0 fully saturated rings. The normalized spacial score (nSPS) is 10.9. The van der Waals surface area contributed by atoms with Crippen LogP contribution in [0.5, 0.6) is 11.5 Å². The van der Waals surface area contributed by atoms with Gasteiger partial charge in [0.15, 0.2) is 0 Å². The van der Waals surface area contributed by atoms with Crippen LogP contribution in [-0.4, -0.2) is 6.54 Å². The van der Waals surface area contributed by atoms with Gasteiger partial charge in [-0.15, -0.1) is 0 Å². The van der Waals surface area contributed by atoms with Crippen molar-refractivity contribution < 1.29 is 4.74 Å². The molecule has 2 aromatic carbocycles. The van der Waals surface area contributed by atoms with Gasteiger partial charge in [-0.3, -0.25) is 0 Å². The van der Waals surface area contributed by atoms with Crippen molar-refractivity contribution in [1.29, 1.82) is 0 Å². The Morgan fingerprint density at radius 1 is 1.05 bits per heavy atom. The molecule has 0 bridgehead atoms. The van der Waals surface area contributed by atoms with Crippen molar-refractivity contribution >= 4 is 23.2 Å². The highest BCUT2D eigenvalue weighted by Crippen LogP contribution is 2.30. The lowest BCUT2D eigenvalue weighted by atomic mass is 10.1. The standard InChI is InChI=1S/C17H19Cl2NO/c1-12(2)10-20-11-15-16(19)4-3-5-17(15)21-14-8-6-13(18)7-9-14/h3-9,12,20H,10-11H2,1-2H3. The summed E-state index contributed by atoms with van der Waals surface area (Å²) < 4.78 is 5.92. The summed E-state index contributed by atoms with van der Waals surface area (Å²) in [4.78, 5) is 0. The summed E-state index contributed by atoms with van der Waals surface area (Å²) in [5.74, 6) is 2.10. The Morgan fingerprint density at radius 3 is 2.43 bits per heavy atom. The van der Waals surface area contributed by atoms with Crippen LogP contribution in [0.4, 0.5) is 0 Å². The van der Waals surface area contributed by atoms with E-state index in [2.05, 4.69) is 19.2 Å². The minimum Gasteiger partial charge on any atom is -0.457 e. The first kappa shape index (κ1) is 16.2. The van der Waals surface area contributed by atoms with Crippen LogP contribution >= 0.6 is 23.2 Å². The second-order valence-corrected chi connectivity index (χ2v) is 6.14. The SMILES string of the molecule is CC(C)CNCc1c(Cl)cccc1Oc1ccc(Cl)cc1. The molecule has 0 unspecified atom stereocenters. The van der Waals surface area contributed by atoms with Gasteiger partial charge in [-0.25, -0.2) is 0 Å². The van der Waals surface area contributed by atoms with Crippen LogP contribution < -0.4 is 10.1 Å². The molecule has 2 nitrogen and oxygen atoms in total. The number of hydrogen-bond acceptors (Lipinski definition) is 2. The molecule has 0 amide bonds. The summed E-state index contributed by atoms with van der Waals surface area (Å²) >= 11 is 12.2. The second-order valence-electron chi connectivity index (χ2n) is 5.30. The maximum absolute atomic E-state index is 6.30. The molecular weight excluding hydrogens is 305 g/mol. The van der Waals surface area contributed by atoms with Crippen molar-refractivity contribution in [3.05, 3.63) is 58.1 Å². The fourth-order valence-corrected chi connectivity index (χ4v) is 2.28. The van der Waals surface area contributed by atoms with Crippen LogP contribution in [0.2, 0.25) is 10.0 Å². The van der Waals surface area contributed by atoms with Gasteiger partial charge in [-0.05, 0) is 48.9 Å². The Bertz CT molecular complexity index is 582. The number of rotatable bonds is 6. The summed E-state index contributed by atoms with van der Waals surface area (Å²) in [6, 6.07) is 13.0. The van der Waals surface area contributed by atoms with Crippen molar-refractivity contribution in [2.24, 2.45) is 5.92 Å². The maximum Gasteiger partial charge on any atom is 0.133 e. The highest BCUT2D eigenvalue weighted by molar-refractivity contribution is 6.31. The van der Waals surface area contributed by atoms with Gasteiger partial charge in [-0.2, -0.15) is 0 Å². The maximum atomic E-state index is 6.30. The fourth-order valence-electron chi connectivity index (χ4n) is 1.92. The Hall–Kier alpha value is -1.22. The van der Waals surface area contributed by atoms with Crippen LogP contribution in [0, 0.1) is 5.92 Å². The third kappa shape index (κ3) is 4.92. The lowest BCUT2D eigenvalue weighted by Crippen LogP contribution is -2.19. The average molecular weight is 324 g/mol. The van der Waals surface area contributed by atoms with E-state index in [1.165, 1.54) is 0 Å². The van der Waals surface area contributed by atoms with E-state index < -0.39 is 0 Å². The van der Waals surface area contributed by atoms with Crippen molar-refractivity contribution in [1.82, 2.24) is 5.32 Å². The van der Waals surface area contributed by atoms with Gasteiger partial charge in [0.1, 0.15) is 11.5 Å².